The number of benzene rings is 2. The third-order valence-corrected chi connectivity index (χ3v) is 6.89. The van der Waals surface area contributed by atoms with Crippen LogP contribution in [-0.4, -0.2) is 70.6 Å². The molecule has 10 heteroatoms. The van der Waals surface area contributed by atoms with Gasteiger partial charge < -0.3 is 14.7 Å². The van der Waals surface area contributed by atoms with E-state index in [1.165, 1.54) is 0 Å². The average molecular weight is 547 g/mol. The van der Waals surface area contributed by atoms with Crippen molar-refractivity contribution < 1.29 is 9.59 Å². The van der Waals surface area contributed by atoms with E-state index in [1.807, 2.05) is 32.0 Å². The summed E-state index contributed by atoms with van der Waals surface area (Å²) in [7, 11) is 0. The number of nitrogens with zero attached hydrogens (tertiary/aromatic N) is 5. The van der Waals surface area contributed by atoms with E-state index in [9.17, 15) is 9.59 Å². The van der Waals surface area contributed by atoms with Gasteiger partial charge in [-0.3, -0.25) is 9.59 Å². The minimum Gasteiger partial charge on any atom is -0.352 e. The van der Waals surface area contributed by atoms with E-state index in [4.69, 9.17) is 34.8 Å². The minimum absolute atomic E-state index is 0.0233. The summed E-state index contributed by atoms with van der Waals surface area (Å²) in [6.45, 7) is 6.13. The number of amides is 2. The Balaban J connectivity index is 1.35. The molecule has 2 aromatic carbocycles. The van der Waals surface area contributed by atoms with Crippen LogP contribution in [0.3, 0.4) is 0 Å². The first-order chi connectivity index (χ1) is 17.2. The molecule has 4 rings (SSSR count). The fourth-order valence-corrected chi connectivity index (χ4v) is 4.64. The van der Waals surface area contributed by atoms with Gasteiger partial charge in [-0.15, -0.1) is 10.2 Å². The number of rotatable bonds is 6. The Morgan fingerprint density at radius 1 is 0.889 bits per heavy atom. The fraction of sp³-hybridized carbons (Fsp3) is 0.308. The van der Waals surface area contributed by atoms with Crippen LogP contribution >= 0.6 is 34.8 Å². The van der Waals surface area contributed by atoms with Gasteiger partial charge in [-0.1, -0.05) is 34.8 Å². The number of hydrogen-bond acceptors (Lipinski definition) is 5. The van der Waals surface area contributed by atoms with E-state index >= 15 is 0 Å². The Hall–Kier alpha value is -2.87. The summed E-state index contributed by atoms with van der Waals surface area (Å²) in [5.74, 6) is 0.465. The van der Waals surface area contributed by atoms with Gasteiger partial charge in [-0.2, -0.15) is 0 Å². The van der Waals surface area contributed by atoms with Crippen molar-refractivity contribution in [2.75, 3.05) is 37.6 Å². The first-order valence-electron chi connectivity index (χ1n) is 11.6. The van der Waals surface area contributed by atoms with E-state index in [0.29, 0.717) is 52.5 Å². The Bertz CT molecular complexity index is 1230. The van der Waals surface area contributed by atoms with Gasteiger partial charge >= 0.3 is 0 Å². The molecule has 1 aliphatic heterocycles. The van der Waals surface area contributed by atoms with Gasteiger partial charge in [0.05, 0.1) is 10.7 Å². The predicted molar refractivity (Wildman–Crippen MR) is 144 cm³/mol. The van der Waals surface area contributed by atoms with Crippen LogP contribution in [0.25, 0.3) is 11.3 Å². The van der Waals surface area contributed by atoms with Crippen molar-refractivity contribution in [2.24, 2.45) is 0 Å². The lowest BCUT2D eigenvalue weighted by atomic mass is 10.1. The Morgan fingerprint density at radius 3 is 2.14 bits per heavy atom. The summed E-state index contributed by atoms with van der Waals surface area (Å²) in [5, 5.41) is 10.3. The van der Waals surface area contributed by atoms with Gasteiger partial charge in [0.1, 0.15) is 6.54 Å². The quantitative estimate of drug-likeness (QED) is 0.419. The van der Waals surface area contributed by atoms with Crippen LogP contribution in [0.1, 0.15) is 24.2 Å². The molecule has 0 N–H and O–H groups in total. The molecule has 3 aromatic rings. The second-order valence-electron chi connectivity index (χ2n) is 8.80. The van der Waals surface area contributed by atoms with Crippen molar-refractivity contribution in [2.45, 2.75) is 19.9 Å². The molecule has 0 spiro atoms. The summed E-state index contributed by atoms with van der Waals surface area (Å²) >= 11 is 18.2. The van der Waals surface area contributed by atoms with Gasteiger partial charge in [0.15, 0.2) is 5.82 Å². The summed E-state index contributed by atoms with van der Waals surface area (Å²) < 4.78 is 0. The van der Waals surface area contributed by atoms with E-state index < -0.39 is 0 Å². The standard InChI is InChI=1S/C26H26Cl3N5O2/c1-17(2)34(26(36)18-3-5-19(27)6-4-18)16-25(35)33-13-11-32(12-14-33)24-10-9-23(30-31-24)21-8-7-20(28)15-22(21)29/h3-10,15,17H,11-14,16H2,1-2H3. The van der Waals surface area contributed by atoms with Crippen molar-refractivity contribution in [1.82, 2.24) is 20.0 Å². The average Bonchev–Trinajstić information content (AvgIpc) is 2.87. The van der Waals surface area contributed by atoms with E-state index in [0.717, 1.165) is 11.4 Å². The maximum Gasteiger partial charge on any atom is 0.254 e. The normalized spacial score (nSPS) is 13.7. The maximum absolute atomic E-state index is 13.0. The van der Waals surface area contributed by atoms with Gasteiger partial charge in [-0.05, 0) is 68.4 Å². The second kappa shape index (κ2) is 11.5. The molecule has 1 saturated heterocycles. The zero-order chi connectivity index (χ0) is 25.8. The van der Waals surface area contributed by atoms with Crippen LogP contribution < -0.4 is 4.90 Å². The number of piperazine rings is 1. The fourth-order valence-electron chi connectivity index (χ4n) is 4.01. The predicted octanol–water partition coefficient (Wildman–Crippen LogP) is 5.30. The lowest BCUT2D eigenvalue weighted by Gasteiger charge is -2.36. The van der Waals surface area contributed by atoms with E-state index in [-0.39, 0.29) is 24.4 Å². The number of aromatic nitrogens is 2. The molecule has 0 radical (unpaired) electrons. The Kier molecular flexibility index (Phi) is 8.34. The van der Waals surface area contributed by atoms with Crippen molar-refractivity contribution in [3.63, 3.8) is 0 Å². The number of carbonyl (C=O) groups excluding carboxylic acids is 2. The second-order valence-corrected chi connectivity index (χ2v) is 10.1. The molecule has 0 saturated carbocycles. The molecule has 0 unspecified atom stereocenters. The summed E-state index contributed by atoms with van der Waals surface area (Å²) in [5.41, 5.74) is 1.93. The lowest BCUT2D eigenvalue weighted by Crippen LogP contribution is -2.53. The van der Waals surface area contributed by atoms with Crippen molar-refractivity contribution in [3.8, 4) is 11.3 Å². The molecule has 0 aliphatic carbocycles. The number of anilines is 1. The van der Waals surface area contributed by atoms with Crippen LogP contribution in [0, 0.1) is 0 Å². The molecule has 0 bridgehead atoms. The zero-order valence-corrected chi connectivity index (χ0v) is 22.3. The van der Waals surface area contributed by atoms with Crippen molar-refractivity contribution >= 4 is 52.4 Å². The molecular weight excluding hydrogens is 521 g/mol. The van der Waals surface area contributed by atoms with Crippen molar-refractivity contribution in [1.29, 1.82) is 0 Å². The Morgan fingerprint density at radius 2 is 1.56 bits per heavy atom. The highest BCUT2D eigenvalue weighted by Gasteiger charge is 2.27. The molecule has 188 valence electrons. The number of hydrogen-bond donors (Lipinski definition) is 0. The molecule has 2 heterocycles. The van der Waals surface area contributed by atoms with E-state index in [2.05, 4.69) is 15.1 Å². The monoisotopic (exact) mass is 545 g/mol. The first-order valence-corrected chi connectivity index (χ1v) is 12.7. The van der Waals surface area contributed by atoms with Crippen LogP contribution in [0.4, 0.5) is 5.82 Å². The van der Waals surface area contributed by atoms with Crippen LogP contribution in [0.5, 0.6) is 0 Å². The SMILES string of the molecule is CC(C)N(CC(=O)N1CCN(c2ccc(-c3ccc(Cl)cc3Cl)nn2)CC1)C(=O)c1ccc(Cl)cc1. The van der Waals surface area contributed by atoms with Crippen LogP contribution in [0.15, 0.2) is 54.6 Å². The smallest absolute Gasteiger partial charge is 0.254 e. The minimum atomic E-state index is -0.190. The largest absolute Gasteiger partial charge is 0.352 e. The Labute approximate surface area is 225 Å². The van der Waals surface area contributed by atoms with Crippen LogP contribution in [-0.2, 0) is 4.79 Å². The zero-order valence-electron chi connectivity index (χ0n) is 20.0. The molecule has 7 nitrogen and oxygen atoms in total. The highest BCUT2D eigenvalue weighted by molar-refractivity contribution is 6.36. The third-order valence-electron chi connectivity index (χ3n) is 6.09. The summed E-state index contributed by atoms with van der Waals surface area (Å²) in [4.78, 5) is 31.5. The highest BCUT2D eigenvalue weighted by atomic mass is 35.5. The van der Waals surface area contributed by atoms with Crippen molar-refractivity contribution in [3.05, 3.63) is 75.2 Å². The topological polar surface area (TPSA) is 69.6 Å². The molecule has 1 aromatic heterocycles. The van der Waals surface area contributed by atoms with Crippen LogP contribution in [0.2, 0.25) is 15.1 Å². The molecule has 0 atom stereocenters. The van der Waals surface area contributed by atoms with Gasteiger partial charge in [0.2, 0.25) is 5.91 Å². The first kappa shape index (κ1) is 26.2. The molecule has 36 heavy (non-hydrogen) atoms. The van der Waals surface area contributed by atoms with Gasteiger partial charge in [-0.25, -0.2) is 0 Å². The number of halogens is 3. The lowest BCUT2D eigenvalue weighted by molar-refractivity contribution is -0.132. The molecular formula is C26H26Cl3N5O2. The molecule has 1 aliphatic rings. The molecule has 1 fully saturated rings. The summed E-state index contributed by atoms with van der Waals surface area (Å²) in [6, 6.07) is 15.6. The van der Waals surface area contributed by atoms with E-state index in [1.54, 1.807) is 46.2 Å². The van der Waals surface area contributed by atoms with Gasteiger partial charge in [0, 0.05) is 53.4 Å². The number of carbonyl (C=O) groups is 2. The molecule has 2 amide bonds. The highest BCUT2D eigenvalue weighted by Crippen LogP contribution is 2.29. The summed E-state index contributed by atoms with van der Waals surface area (Å²) in [6.07, 6.45) is 0. The third kappa shape index (κ3) is 6.09. The van der Waals surface area contributed by atoms with Gasteiger partial charge in [0.25, 0.3) is 5.91 Å². The maximum atomic E-state index is 13.0.